The van der Waals surface area contributed by atoms with Crippen LogP contribution < -0.4 is 10.2 Å². The quantitative estimate of drug-likeness (QED) is 0.906. The fourth-order valence-corrected chi connectivity index (χ4v) is 3.00. The molecule has 2 unspecified atom stereocenters. The maximum Gasteiger partial charge on any atom is 0.416 e. The van der Waals surface area contributed by atoms with Gasteiger partial charge in [0, 0.05) is 24.8 Å². The number of rotatable bonds is 3. The zero-order chi connectivity index (χ0) is 15.6. The van der Waals surface area contributed by atoms with E-state index in [1.54, 1.807) is 13.1 Å². The zero-order valence-corrected chi connectivity index (χ0v) is 12.8. The lowest BCUT2D eigenvalue weighted by atomic mass is 9.94. The monoisotopic (exact) mass is 300 g/mol. The smallest absolute Gasteiger partial charge is 0.369 e. The molecule has 2 rings (SSSR count). The van der Waals surface area contributed by atoms with Crippen LogP contribution in [0.25, 0.3) is 0 Å². The minimum Gasteiger partial charge on any atom is -0.369 e. The number of benzene rings is 1. The van der Waals surface area contributed by atoms with Crippen LogP contribution in [0.3, 0.4) is 0 Å². The van der Waals surface area contributed by atoms with E-state index in [-0.39, 0.29) is 12.6 Å². The standard InChI is InChI=1S/C16H23F3N2/c1-11-4-5-12(2)21(10-11)14-7-6-13(9-20-3)15(8-14)16(17,18)19/h6-8,11-12,20H,4-5,9-10H2,1-3H3. The molecule has 1 heterocycles. The van der Waals surface area contributed by atoms with Crippen molar-refractivity contribution in [1.82, 2.24) is 5.32 Å². The van der Waals surface area contributed by atoms with Gasteiger partial charge in [-0.15, -0.1) is 0 Å². The predicted octanol–water partition coefficient (Wildman–Crippen LogP) is 4.05. The zero-order valence-electron chi connectivity index (χ0n) is 12.8. The Morgan fingerprint density at radius 1 is 1.24 bits per heavy atom. The van der Waals surface area contributed by atoms with Crippen molar-refractivity contribution in [3.05, 3.63) is 29.3 Å². The van der Waals surface area contributed by atoms with Gasteiger partial charge in [-0.05, 0) is 50.4 Å². The van der Waals surface area contributed by atoms with Crippen LogP contribution in [0, 0.1) is 5.92 Å². The fraction of sp³-hybridized carbons (Fsp3) is 0.625. The van der Waals surface area contributed by atoms with Crippen LogP contribution >= 0.6 is 0 Å². The number of halogens is 3. The Morgan fingerprint density at radius 3 is 2.57 bits per heavy atom. The van der Waals surface area contributed by atoms with Gasteiger partial charge in [0.25, 0.3) is 0 Å². The van der Waals surface area contributed by atoms with Crippen molar-refractivity contribution in [1.29, 1.82) is 0 Å². The number of nitrogens with one attached hydrogen (secondary N) is 1. The van der Waals surface area contributed by atoms with Crippen molar-refractivity contribution in [3.8, 4) is 0 Å². The van der Waals surface area contributed by atoms with Crippen molar-refractivity contribution in [2.45, 2.75) is 45.5 Å². The first-order chi connectivity index (χ1) is 9.82. The highest BCUT2D eigenvalue weighted by atomic mass is 19.4. The van der Waals surface area contributed by atoms with Crippen molar-refractivity contribution >= 4 is 5.69 Å². The molecule has 0 radical (unpaired) electrons. The van der Waals surface area contributed by atoms with E-state index in [1.807, 2.05) is 6.07 Å². The van der Waals surface area contributed by atoms with Crippen LogP contribution in [-0.4, -0.2) is 19.6 Å². The molecular weight excluding hydrogens is 277 g/mol. The Morgan fingerprint density at radius 2 is 1.95 bits per heavy atom. The van der Waals surface area contributed by atoms with Gasteiger partial charge in [0.15, 0.2) is 0 Å². The topological polar surface area (TPSA) is 15.3 Å². The SMILES string of the molecule is CNCc1ccc(N2CC(C)CCC2C)cc1C(F)(F)F. The van der Waals surface area contributed by atoms with E-state index in [2.05, 4.69) is 24.1 Å². The van der Waals surface area contributed by atoms with Gasteiger partial charge < -0.3 is 10.2 Å². The highest BCUT2D eigenvalue weighted by Crippen LogP contribution is 2.36. The second-order valence-electron chi connectivity index (χ2n) is 6.05. The number of hydrogen-bond acceptors (Lipinski definition) is 2. The van der Waals surface area contributed by atoms with Crippen LogP contribution in [-0.2, 0) is 12.7 Å². The van der Waals surface area contributed by atoms with Crippen LogP contribution in [0.4, 0.5) is 18.9 Å². The maximum absolute atomic E-state index is 13.2. The molecule has 1 aliphatic rings. The summed E-state index contributed by atoms with van der Waals surface area (Å²) in [6, 6.07) is 5.01. The molecule has 0 bridgehead atoms. The molecule has 0 aromatic heterocycles. The van der Waals surface area contributed by atoms with Gasteiger partial charge in [0.1, 0.15) is 0 Å². The van der Waals surface area contributed by atoms with Crippen LogP contribution in [0.2, 0.25) is 0 Å². The molecule has 0 spiro atoms. The Hall–Kier alpha value is -1.23. The van der Waals surface area contributed by atoms with Gasteiger partial charge in [-0.2, -0.15) is 13.2 Å². The molecule has 1 fully saturated rings. The number of anilines is 1. The number of nitrogens with zero attached hydrogens (tertiary/aromatic N) is 1. The lowest BCUT2D eigenvalue weighted by Crippen LogP contribution is -2.41. The molecule has 0 amide bonds. The van der Waals surface area contributed by atoms with Gasteiger partial charge in [0.2, 0.25) is 0 Å². The molecule has 1 saturated heterocycles. The Labute approximate surface area is 124 Å². The second-order valence-corrected chi connectivity index (χ2v) is 6.05. The normalized spacial score (nSPS) is 23.4. The van der Waals surface area contributed by atoms with E-state index in [9.17, 15) is 13.2 Å². The average Bonchev–Trinajstić information content (AvgIpc) is 2.41. The lowest BCUT2D eigenvalue weighted by molar-refractivity contribution is -0.138. The summed E-state index contributed by atoms with van der Waals surface area (Å²) in [5.41, 5.74) is 0.451. The second kappa shape index (κ2) is 6.26. The van der Waals surface area contributed by atoms with Crippen molar-refractivity contribution in [3.63, 3.8) is 0 Å². The minimum atomic E-state index is -4.31. The third-order valence-corrected chi connectivity index (χ3v) is 4.22. The summed E-state index contributed by atoms with van der Waals surface area (Å²) in [5, 5.41) is 2.80. The van der Waals surface area contributed by atoms with Crippen LogP contribution in [0.1, 0.15) is 37.8 Å². The number of hydrogen-bond donors (Lipinski definition) is 1. The molecule has 5 heteroatoms. The van der Waals surface area contributed by atoms with E-state index in [4.69, 9.17) is 0 Å². The van der Waals surface area contributed by atoms with E-state index in [0.29, 0.717) is 17.2 Å². The molecule has 1 aliphatic heterocycles. The third-order valence-electron chi connectivity index (χ3n) is 4.22. The summed E-state index contributed by atoms with van der Waals surface area (Å²) in [6.07, 6.45) is -2.14. The highest BCUT2D eigenvalue weighted by Gasteiger charge is 2.34. The van der Waals surface area contributed by atoms with Gasteiger partial charge in [-0.1, -0.05) is 13.0 Å². The molecule has 1 aromatic rings. The molecule has 21 heavy (non-hydrogen) atoms. The summed E-state index contributed by atoms with van der Waals surface area (Å²) in [6.45, 7) is 5.28. The van der Waals surface area contributed by atoms with Crippen LogP contribution in [0.15, 0.2) is 18.2 Å². The molecular formula is C16H23F3N2. The Kier molecular flexibility index (Phi) is 4.81. The largest absolute Gasteiger partial charge is 0.416 e. The van der Waals surface area contributed by atoms with Crippen LogP contribution in [0.5, 0.6) is 0 Å². The highest BCUT2D eigenvalue weighted by molar-refractivity contribution is 5.53. The van der Waals surface area contributed by atoms with E-state index in [0.717, 1.165) is 19.4 Å². The lowest BCUT2D eigenvalue weighted by Gasteiger charge is -2.39. The molecule has 1 N–H and O–H groups in total. The molecule has 2 nitrogen and oxygen atoms in total. The summed E-state index contributed by atoms with van der Waals surface area (Å²) >= 11 is 0. The molecule has 118 valence electrons. The van der Waals surface area contributed by atoms with Gasteiger partial charge in [-0.25, -0.2) is 0 Å². The van der Waals surface area contributed by atoms with E-state index < -0.39 is 11.7 Å². The summed E-state index contributed by atoms with van der Waals surface area (Å²) in [5.74, 6) is 0.521. The van der Waals surface area contributed by atoms with Crippen molar-refractivity contribution in [2.75, 3.05) is 18.5 Å². The summed E-state index contributed by atoms with van der Waals surface area (Å²) in [7, 11) is 1.66. The number of alkyl halides is 3. The molecule has 2 atom stereocenters. The van der Waals surface area contributed by atoms with E-state index in [1.165, 1.54) is 6.07 Å². The molecule has 0 saturated carbocycles. The third kappa shape index (κ3) is 3.70. The summed E-state index contributed by atoms with van der Waals surface area (Å²) in [4.78, 5) is 2.10. The first-order valence-corrected chi connectivity index (χ1v) is 7.44. The average molecular weight is 300 g/mol. The van der Waals surface area contributed by atoms with Crippen molar-refractivity contribution in [2.24, 2.45) is 5.92 Å². The van der Waals surface area contributed by atoms with Crippen molar-refractivity contribution < 1.29 is 13.2 Å². The Balaban J connectivity index is 2.36. The first-order valence-electron chi connectivity index (χ1n) is 7.44. The van der Waals surface area contributed by atoms with Gasteiger partial charge >= 0.3 is 6.18 Å². The van der Waals surface area contributed by atoms with E-state index >= 15 is 0 Å². The molecule has 0 aliphatic carbocycles. The number of piperidine rings is 1. The fourth-order valence-electron chi connectivity index (χ4n) is 3.00. The van der Waals surface area contributed by atoms with Gasteiger partial charge in [-0.3, -0.25) is 0 Å². The molecule has 1 aromatic carbocycles. The minimum absolute atomic E-state index is 0.223. The summed E-state index contributed by atoms with van der Waals surface area (Å²) < 4.78 is 39.7. The maximum atomic E-state index is 13.2. The Bertz CT molecular complexity index is 485. The first kappa shape index (κ1) is 16.1. The van der Waals surface area contributed by atoms with Gasteiger partial charge in [0.05, 0.1) is 5.56 Å². The predicted molar refractivity (Wildman–Crippen MR) is 79.4 cm³/mol.